The number of halogens is 2. The minimum absolute atomic E-state index is 0.676. The first-order valence-electron chi connectivity index (χ1n) is 4.48. The van der Waals surface area contributed by atoms with Gasteiger partial charge in [-0.1, -0.05) is 22.0 Å². The lowest BCUT2D eigenvalue weighted by molar-refractivity contribution is 0.625. The molecule has 0 fully saturated rings. The van der Waals surface area contributed by atoms with Gasteiger partial charge >= 0.3 is 0 Å². The monoisotopic (exact) mass is 272 g/mol. The summed E-state index contributed by atoms with van der Waals surface area (Å²) < 4.78 is 3.07. The van der Waals surface area contributed by atoms with Crippen molar-refractivity contribution in [2.45, 2.75) is 13.0 Å². The van der Waals surface area contributed by atoms with Crippen LogP contribution in [-0.4, -0.2) is 15.7 Å². The highest BCUT2D eigenvalue weighted by Crippen LogP contribution is 2.19. The van der Waals surface area contributed by atoms with E-state index < -0.39 is 0 Å². The fourth-order valence-corrected chi connectivity index (χ4v) is 1.90. The molecule has 0 spiro atoms. The van der Waals surface area contributed by atoms with Crippen molar-refractivity contribution < 1.29 is 0 Å². The summed E-state index contributed by atoms with van der Waals surface area (Å²) in [5.41, 5.74) is 1.16. The van der Waals surface area contributed by atoms with Gasteiger partial charge in [0, 0.05) is 22.3 Å². The number of fused-ring (bicyclic) bond motifs is 1. The fraction of sp³-hybridized carbons (Fsp3) is 0.300. The Morgan fingerprint density at radius 2 is 2.29 bits per heavy atom. The summed E-state index contributed by atoms with van der Waals surface area (Å²) in [4.78, 5) is 0. The molecule has 0 bridgehead atoms. The molecule has 2 rings (SSSR count). The predicted octanol–water partition coefficient (Wildman–Crippen LogP) is 3.43. The van der Waals surface area contributed by atoms with Crippen molar-refractivity contribution in [1.82, 2.24) is 9.78 Å². The summed E-state index contributed by atoms with van der Waals surface area (Å²) in [5, 5.41) is 5.48. The quantitative estimate of drug-likeness (QED) is 0.784. The third-order valence-corrected chi connectivity index (χ3v) is 2.87. The molecule has 0 N–H and O–H groups in total. The van der Waals surface area contributed by atoms with Gasteiger partial charge in [-0.05, 0) is 18.6 Å². The Morgan fingerprint density at radius 1 is 1.43 bits per heavy atom. The molecule has 0 amide bonds. The van der Waals surface area contributed by atoms with Crippen molar-refractivity contribution in [3.05, 3.63) is 28.9 Å². The Hall–Kier alpha value is -0.540. The predicted molar refractivity (Wildman–Crippen MR) is 62.8 cm³/mol. The molecule has 0 saturated heterocycles. The van der Waals surface area contributed by atoms with E-state index in [4.69, 9.17) is 11.6 Å². The summed E-state index contributed by atoms with van der Waals surface area (Å²) in [5.74, 6) is 0.676. The third-order valence-electron chi connectivity index (χ3n) is 2.11. The summed E-state index contributed by atoms with van der Waals surface area (Å²) in [6, 6.07) is 6.16. The summed E-state index contributed by atoms with van der Waals surface area (Å²) >= 11 is 9.10. The maximum atomic E-state index is 5.65. The molecule has 14 heavy (non-hydrogen) atoms. The molecule has 1 heterocycles. The van der Waals surface area contributed by atoms with Gasteiger partial charge in [-0.15, -0.1) is 11.6 Å². The molecular weight excluding hydrogens is 263 g/mol. The summed E-state index contributed by atoms with van der Waals surface area (Å²) in [7, 11) is 0. The maximum Gasteiger partial charge on any atom is 0.0693 e. The second-order valence-electron chi connectivity index (χ2n) is 3.11. The van der Waals surface area contributed by atoms with Crippen molar-refractivity contribution in [3.8, 4) is 0 Å². The van der Waals surface area contributed by atoms with Crippen LogP contribution in [-0.2, 0) is 6.54 Å². The van der Waals surface area contributed by atoms with Crippen LogP contribution in [0.3, 0.4) is 0 Å². The highest BCUT2D eigenvalue weighted by atomic mass is 79.9. The van der Waals surface area contributed by atoms with Gasteiger partial charge in [0.25, 0.3) is 0 Å². The molecule has 1 aromatic heterocycles. The molecule has 0 radical (unpaired) electrons. The lowest BCUT2D eigenvalue weighted by Crippen LogP contribution is -1.99. The van der Waals surface area contributed by atoms with E-state index in [9.17, 15) is 0 Å². The first kappa shape index (κ1) is 9.99. The van der Waals surface area contributed by atoms with Crippen LogP contribution in [0.4, 0.5) is 0 Å². The lowest BCUT2D eigenvalue weighted by Gasteiger charge is -2.01. The van der Waals surface area contributed by atoms with Gasteiger partial charge in [0.1, 0.15) is 0 Å². The van der Waals surface area contributed by atoms with E-state index in [1.54, 1.807) is 0 Å². The zero-order chi connectivity index (χ0) is 9.97. The van der Waals surface area contributed by atoms with Crippen molar-refractivity contribution >= 4 is 38.4 Å². The third kappa shape index (κ3) is 1.93. The topological polar surface area (TPSA) is 17.8 Å². The van der Waals surface area contributed by atoms with Crippen molar-refractivity contribution in [2.24, 2.45) is 0 Å². The Kier molecular flexibility index (Phi) is 3.08. The Morgan fingerprint density at radius 3 is 3.07 bits per heavy atom. The highest BCUT2D eigenvalue weighted by molar-refractivity contribution is 9.10. The van der Waals surface area contributed by atoms with Crippen molar-refractivity contribution in [3.63, 3.8) is 0 Å². The second-order valence-corrected chi connectivity index (χ2v) is 4.41. The molecule has 0 atom stereocenters. The molecular formula is C10H10BrClN2. The van der Waals surface area contributed by atoms with Crippen LogP contribution in [0.15, 0.2) is 28.9 Å². The van der Waals surface area contributed by atoms with Crippen LogP contribution in [0.5, 0.6) is 0 Å². The van der Waals surface area contributed by atoms with Crippen LogP contribution in [0.2, 0.25) is 0 Å². The summed E-state index contributed by atoms with van der Waals surface area (Å²) in [6.45, 7) is 0.878. The van der Waals surface area contributed by atoms with E-state index in [-0.39, 0.29) is 0 Å². The fourth-order valence-electron chi connectivity index (χ4n) is 1.43. The van der Waals surface area contributed by atoms with E-state index in [2.05, 4.69) is 33.2 Å². The van der Waals surface area contributed by atoms with Crippen molar-refractivity contribution in [1.29, 1.82) is 0 Å². The van der Waals surface area contributed by atoms with Crippen LogP contribution in [0.1, 0.15) is 6.42 Å². The minimum Gasteiger partial charge on any atom is -0.265 e. The Bertz CT molecular complexity index is 439. The zero-order valence-electron chi connectivity index (χ0n) is 7.58. The molecule has 1 aromatic carbocycles. The zero-order valence-corrected chi connectivity index (χ0v) is 9.92. The molecule has 0 saturated carbocycles. The van der Waals surface area contributed by atoms with E-state index >= 15 is 0 Å². The molecule has 4 heteroatoms. The van der Waals surface area contributed by atoms with Gasteiger partial charge in [-0.2, -0.15) is 5.10 Å². The highest BCUT2D eigenvalue weighted by Gasteiger charge is 2.01. The number of aromatic nitrogens is 2. The lowest BCUT2D eigenvalue weighted by atomic mass is 10.2. The number of rotatable bonds is 3. The van der Waals surface area contributed by atoms with E-state index in [1.165, 1.54) is 5.39 Å². The second kappa shape index (κ2) is 4.32. The molecule has 0 aliphatic carbocycles. The first-order valence-corrected chi connectivity index (χ1v) is 5.81. The van der Waals surface area contributed by atoms with E-state index in [0.29, 0.717) is 5.88 Å². The average Bonchev–Trinajstić information content (AvgIpc) is 2.57. The van der Waals surface area contributed by atoms with Crippen LogP contribution < -0.4 is 0 Å². The van der Waals surface area contributed by atoms with Gasteiger partial charge in [-0.25, -0.2) is 0 Å². The number of hydrogen-bond donors (Lipinski definition) is 0. The minimum atomic E-state index is 0.676. The van der Waals surface area contributed by atoms with E-state index in [0.717, 1.165) is 23.0 Å². The van der Waals surface area contributed by atoms with Crippen LogP contribution >= 0.6 is 27.5 Å². The smallest absolute Gasteiger partial charge is 0.0693 e. The van der Waals surface area contributed by atoms with Gasteiger partial charge < -0.3 is 0 Å². The van der Waals surface area contributed by atoms with Gasteiger partial charge in [0.05, 0.1) is 11.7 Å². The number of benzene rings is 1. The van der Waals surface area contributed by atoms with Gasteiger partial charge in [-0.3, -0.25) is 4.68 Å². The number of hydrogen-bond acceptors (Lipinski definition) is 1. The number of alkyl halides is 1. The molecule has 0 unspecified atom stereocenters. The largest absolute Gasteiger partial charge is 0.265 e. The van der Waals surface area contributed by atoms with E-state index in [1.807, 2.05) is 16.9 Å². The van der Waals surface area contributed by atoms with Crippen LogP contribution in [0, 0.1) is 0 Å². The standard InChI is InChI=1S/C10H10BrClN2/c11-9-3-2-8-7-13-14(5-1-4-12)10(8)6-9/h2-3,6-7H,1,4-5H2. The number of aryl methyl sites for hydroxylation is 1. The first-order chi connectivity index (χ1) is 6.81. The SMILES string of the molecule is ClCCCn1ncc2ccc(Br)cc21. The molecule has 2 aromatic rings. The van der Waals surface area contributed by atoms with Crippen molar-refractivity contribution in [2.75, 3.05) is 5.88 Å². The summed E-state index contributed by atoms with van der Waals surface area (Å²) in [6.07, 6.45) is 2.83. The van der Waals surface area contributed by atoms with Crippen LogP contribution in [0.25, 0.3) is 10.9 Å². The van der Waals surface area contributed by atoms with Gasteiger partial charge in [0.2, 0.25) is 0 Å². The normalized spacial score (nSPS) is 11.0. The Balaban J connectivity index is 2.40. The number of nitrogens with zero attached hydrogens (tertiary/aromatic N) is 2. The van der Waals surface area contributed by atoms with Gasteiger partial charge in [0.15, 0.2) is 0 Å². The molecule has 74 valence electrons. The molecule has 2 nitrogen and oxygen atoms in total. The average molecular weight is 274 g/mol. The maximum absolute atomic E-state index is 5.65. The molecule has 0 aliphatic heterocycles. The molecule has 0 aliphatic rings. The Labute approximate surface area is 96.0 Å².